The van der Waals surface area contributed by atoms with Crippen LogP contribution >= 0.6 is 31.9 Å². The summed E-state index contributed by atoms with van der Waals surface area (Å²) in [6.45, 7) is 5.22. The van der Waals surface area contributed by atoms with E-state index in [-0.39, 0.29) is 0 Å². The maximum Gasteiger partial charge on any atom is 0.244 e. The average molecular weight is 440 g/mol. The van der Waals surface area contributed by atoms with Crippen LogP contribution in [0.15, 0.2) is 32.0 Å². The highest BCUT2D eigenvalue weighted by Crippen LogP contribution is 2.30. The Morgan fingerprint density at radius 1 is 1.29 bits per heavy atom. The Kier molecular flexibility index (Phi) is 6.25. The van der Waals surface area contributed by atoms with Crippen LogP contribution in [0.4, 0.5) is 0 Å². The van der Waals surface area contributed by atoms with Gasteiger partial charge in [-0.2, -0.15) is 4.31 Å². The molecule has 1 N–H and O–H groups in total. The third-order valence-corrected chi connectivity index (χ3v) is 7.15. The molecule has 0 unspecified atom stereocenters. The standard InChI is InChI=1S/C14H20Br2N2O2S/c1-2-17-10-11-5-7-18(8-6-11)21(19,20)14-9-12(15)3-4-13(14)16/h3-4,9,11,17H,2,5-8,10H2,1H3. The predicted octanol–water partition coefficient (Wildman–Crippen LogP) is 3.22. The van der Waals surface area contributed by atoms with Crippen molar-refractivity contribution in [3.63, 3.8) is 0 Å². The summed E-state index contributed by atoms with van der Waals surface area (Å²) < 4.78 is 28.5. The van der Waals surface area contributed by atoms with Crippen LogP contribution in [-0.2, 0) is 10.0 Å². The SMILES string of the molecule is CCNCC1CCN(S(=O)(=O)c2cc(Br)ccc2Br)CC1. The van der Waals surface area contributed by atoms with Crippen molar-refractivity contribution in [3.05, 3.63) is 27.1 Å². The van der Waals surface area contributed by atoms with E-state index in [0.717, 1.165) is 30.4 Å². The molecule has 0 radical (unpaired) electrons. The molecule has 1 aromatic rings. The second kappa shape index (κ2) is 7.55. The van der Waals surface area contributed by atoms with E-state index in [1.54, 1.807) is 16.4 Å². The van der Waals surface area contributed by atoms with E-state index in [0.29, 0.717) is 28.4 Å². The minimum atomic E-state index is -3.42. The van der Waals surface area contributed by atoms with Crippen LogP contribution in [0.2, 0.25) is 0 Å². The number of hydrogen-bond donors (Lipinski definition) is 1. The molecule has 21 heavy (non-hydrogen) atoms. The van der Waals surface area contributed by atoms with Crippen LogP contribution in [0.3, 0.4) is 0 Å². The summed E-state index contributed by atoms with van der Waals surface area (Å²) in [5.41, 5.74) is 0. The van der Waals surface area contributed by atoms with Gasteiger partial charge in [-0.3, -0.25) is 0 Å². The van der Waals surface area contributed by atoms with Gasteiger partial charge in [0, 0.05) is 22.0 Å². The third-order valence-electron chi connectivity index (χ3n) is 3.77. The Hall–Kier alpha value is 0.0500. The molecule has 1 heterocycles. The number of hydrogen-bond acceptors (Lipinski definition) is 3. The molecule has 0 aliphatic carbocycles. The van der Waals surface area contributed by atoms with E-state index >= 15 is 0 Å². The maximum atomic E-state index is 12.7. The van der Waals surface area contributed by atoms with Crippen molar-refractivity contribution in [2.45, 2.75) is 24.7 Å². The van der Waals surface area contributed by atoms with E-state index in [1.165, 1.54) is 0 Å². The second-order valence-corrected chi connectivity index (χ2v) is 8.91. The fraction of sp³-hybridized carbons (Fsp3) is 0.571. The summed E-state index contributed by atoms with van der Waals surface area (Å²) in [5.74, 6) is 0.572. The van der Waals surface area contributed by atoms with E-state index in [4.69, 9.17) is 0 Å². The van der Waals surface area contributed by atoms with Gasteiger partial charge in [-0.25, -0.2) is 8.42 Å². The number of piperidine rings is 1. The third kappa shape index (κ3) is 4.28. The summed E-state index contributed by atoms with van der Waals surface area (Å²) in [7, 11) is -3.42. The van der Waals surface area contributed by atoms with Crippen LogP contribution in [0.1, 0.15) is 19.8 Å². The van der Waals surface area contributed by atoms with Crippen LogP contribution in [0.25, 0.3) is 0 Å². The van der Waals surface area contributed by atoms with E-state index in [9.17, 15) is 8.42 Å². The summed E-state index contributed by atoms with van der Waals surface area (Å²) >= 11 is 6.68. The summed E-state index contributed by atoms with van der Waals surface area (Å²) in [6.07, 6.45) is 1.83. The average Bonchev–Trinajstić information content (AvgIpc) is 2.48. The van der Waals surface area contributed by atoms with Crippen molar-refractivity contribution in [3.8, 4) is 0 Å². The molecule has 1 saturated heterocycles. The Labute approximate surface area is 143 Å². The molecule has 1 aliphatic heterocycles. The fourth-order valence-electron chi connectivity index (χ4n) is 2.52. The number of rotatable bonds is 5. The van der Waals surface area contributed by atoms with E-state index < -0.39 is 10.0 Å². The van der Waals surface area contributed by atoms with Crippen LogP contribution < -0.4 is 5.32 Å². The van der Waals surface area contributed by atoms with Gasteiger partial charge < -0.3 is 5.32 Å². The highest BCUT2D eigenvalue weighted by Gasteiger charge is 2.30. The molecule has 4 nitrogen and oxygen atoms in total. The second-order valence-electron chi connectivity index (χ2n) is 5.23. The Bertz CT molecular complexity index is 585. The number of halogens is 2. The molecule has 0 atom stereocenters. The van der Waals surface area contributed by atoms with E-state index in [1.807, 2.05) is 6.07 Å². The lowest BCUT2D eigenvalue weighted by molar-refractivity contribution is 0.268. The minimum Gasteiger partial charge on any atom is -0.317 e. The lowest BCUT2D eigenvalue weighted by Crippen LogP contribution is -2.40. The molecule has 1 aromatic carbocycles. The van der Waals surface area contributed by atoms with Gasteiger partial charge in [0.25, 0.3) is 0 Å². The minimum absolute atomic E-state index is 0.335. The quantitative estimate of drug-likeness (QED) is 0.766. The first kappa shape index (κ1) is 17.4. The summed E-state index contributed by atoms with van der Waals surface area (Å²) in [6, 6.07) is 5.24. The highest BCUT2D eigenvalue weighted by atomic mass is 79.9. The molecule has 2 rings (SSSR count). The molecular formula is C14H20Br2N2O2S. The number of benzene rings is 1. The normalized spacial score (nSPS) is 18.0. The van der Waals surface area contributed by atoms with Crippen LogP contribution in [-0.4, -0.2) is 38.9 Å². The molecule has 1 aliphatic rings. The Morgan fingerprint density at radius 2 is 1.95 bits per heavy atom. The first-order chi connectivity index (χ1) is 9.95. The topological polar surface area (TPSA) is 49.4 Å². The van der Waals surface area contributed by atoms with Crippen molar-refractivity contribution in [1.82, 2.24) is 9.62 Å². The number of nitrogens with one attached hydrogen (secondary N) is 1. The predicted molar refractivity (Wildman–Crippen MR) is 91.9 cm³/mol. The van der Waals surface area contributed by atoms with Gasteiger partial charge in [0.05, 0.1) is 4.90 Å². The largest absolute Gasteiger partial charge is 0.317 e. The van der Waals surface area contributed by atoms with Crippen molar-refractivity contribution in [2.24, 2.45) is 5.92 Å². The first-order valence-corrected chi connectivity index (χ1v) is 10.1. The molecule has 118 valence electrons. The van der Waals surface area contributed by atoms with Crippen molar-refractivity contribution >= 4 is 41.9 Å². The summed E-state index contributed by atoms with van der Waals surface area (Å²) in [4.78, 5) is 0.335. The molecular weight excluding hydrogens is 420 g/mol. The van der Waals surface area contributed by atoms with E-state index in [2.05, 4.69) is 44.1 Å². The van der Waals surface area contributed by atoms with Gasteiger partial charge >= 0.3 is 0 Å². The van der Waals surface area contributed by atoms with Gasteiger partial charge in [0.15, 0.2) is 0 Å². The monoisotopic (exact) mass is 438 g/mol. The van der Waals surface area contributed by atoms with Gasteiger partial charge in [-0.1, -0.05) is 22.9 Å². The smallest absolute Gasteiger partial charge is 0.244 e. The molecule has 0 aromatic heterocycles. The molecule has 7 heteroatoms. The molecule has 1 fully saturated rings. The number of sulfonamides is 1. The van der Waals surface area contributed by atoms with Crippen molar-refractivity contribution in [2.75, 3.05) is 26.2 Å². The lowest BCUT2D eigenvalue weighted by atomic mass is 9.98. The van der Waals surface area contributed by atoms with Gasteiger partial charge in [-0.15, -0.1) is 0 Å². The molecule has 0 saturated carbocycles. The zero-order chi connectivity index (χ0) is 15.5. The zero-order valence-electron chi connectivity index (χ0n) is 12.0. The summed E-state index contributed by atoms with van der Waals surface area (Å²) in [5, 5.41) is 3.34. The van der Waals surface area contributed by atoms with Gasteiger partial charge in [0.1, 0.15) is 0 Å². The first-order valence-electron chi connectivity index (χ1n) is 7.11. The van der Waals surface area contributed by atoms with Gasteiger partial charge in [0.2, 0.25) is 10.0 Å². The lowest BCUT2D eigenvalue weighted by Gasteiger charge is -2.31. The fourth-order valence-corrected chi connectivity index (χ4v) is 5.45. The van der Waals surface area contributed by atoms with Crippen LogP contribution in [0.5, 0.6) is 0 Å². The Balaban J connectivity index is 2.10. The van der Waals surface area contributed by atoms with Crippen molar-refractivity contribution in [1.29, 1.82) is 0 Å². The number of nitrogens with zero attached hydrogens (tertiary/aromatic N) is 1. The molecule has 0 amide bonds. The highest BCUT2D eigenvalue weighted by molar-refractivity contribution is 9.11. The van der Waals surface area contributed by atoms with Gasteiger partial charge in [-0.05, 0) is 66.0 Å². The maximum absolute atomic E-state index is 12.7. The van der Waals surface area contributed by atoms with Crippen LogP contribution in [0, 0.1) is 5.92 Å². The zero-order valence-corrected chi connectivity index (χ0v) is 16.0. The Morgan fingerprint density at radius 3 is 2.57 bits per heavy atom. The molecule has 0 spiro atoms. The van der Waals surface area contributed by atoms with Crippen molar-refractivity contribution < 1.29 is 8.42 Å². The molecule has 0 bridgehead atoms.